The molecule has 0 saturated carbocycles. The van der Waals surface area contributed by atoms with Gasteiger partial charge in [0.1, 0.15) is 5.75 Å². The zero-order valence-electron chi connectivity index (χ0n) is 13.8. The smallest absolute Gasteiger partial charge is 0.221 e. The van der Waals surface area contributed by atoms with Crippen molar-refractivity contribution >= 4 is 18.3 Å². The summed E-state index contributed by atoms with van der Waals surface area (Å²) in [7, 11) is 1.61. The van der Waals surface area contributed by atoms with Gasteiger partial charge in [0.15, 0.2) is 11.5 Å². The lowest BCUT2D eigenvalue weighted by molar-refractivity contribution is -0.121. The van der Waals surface area contributed by atoms with Crippen LogP contribution in [0.4, 0.5) is 0 Å². The molecule has 24 heavy (non-hydrogen) atoms. The van der Waals surface area contributed by atoms with Crippen LogP contribution in [-0.2, 0) is 11.3 Å². The van der Waals surface area contributed by atoms with Gasteiger partial charge in [0, 0.05) is 19.0 Å². The lowest BCUT2D eigenvalue weighted by atomic mass is 10.2. The summed E-state index contributed by atoms with van der Waals surface area (Å²) in [4.78, 5) is 11.6. The Morgan fingerprint density at radius 3 is 2.33 bits per heavy atom. The van der Waals surface area contributed by atoms with Crippen molar-refractivity contribution in [2.75, 3.05) is 7.11 Å². The van der Waals surface area contributed by atoms with Crippen LogP contribution in [-0.4, -0.2) is 19.1 Å². The molecule has 2 aromatic carbocycles. The minimum absolute atomic E-state index is 0. The van der Waals surface area contributed by atoms with Crippen LogP contribution in [0.2, 0.25) is 0 Å². The Morgan fingerprint density at radius 2 is 1.75 bits per heavy atom. The van der Waals surface area contributed by atoms with Gasteiger partial charge in [0.2, 0.25) is 5.91 Å². The van der Waals surface area contributed by atoms with Crippen LogP contribution in [0.3, 0.4) is 0 Å². The van der Waals surface area contributed by atoms with Crippen LogP contribution in [0.15, 0.2) is 48.5 Å². The number of nitrogens with two attached hydrogens (primary N) is 1. The molecule has 0 aliphatic heterocycles. The molecule has 1 unspecified atom stereocenters. The molecule has 0 heterocycles. The Bertz CT molecular complexity index is 645. The maximum Gasteiger partial charge on any atom is 0.221 e. The van der Waals surface area contributed by atoms with Gasteiger partial charge >= 0.3 is 0 Å². The number of halogens is 1. The van der Waals surface area contributed by atoms with Crippen molar-refractivity contribution in [3.05, 3.63) is 54.1 Å². The molecule has 0 spiro atoms. The Hall–Kier alpha value is -2.24. The fourth-order valence-electron chi connectivity index (χ4n) is 2.07. The fraction of sp³-hybridized carbons (Fsp3) is 0.278. The van der Waals surface area contributed by atoms with Gasteiger partial charge in [-0.05, 0) is 36.8 Å². The molecule has 0 bridgehead atoms. The van der Waals surface area contributed by atoms with E-state index >= 15 is 0 Å². The van der Waals surface area contributed by atoms with E-state index in [0.717, 1.165) is 5.56 Å². The zero-order valence-corrected chi connectivity index (χ0v) is 14.6. The molecule has 5 nitrogen and oxygen atoms in total. The van der Waals surface area contributed by atoms with E-state index in [1.54, 1.807) is 7.11 Å². The van der Waals surface area contributed by atoms with Gasteiger partial charge in [-0.25, -0.2) is 0 Å². The monoisotopic (exact) mass is 350 g/mol. The van der Waals surface area contributed by atoms with Crippen LogP contribution < -0.4 is 20.5 Å². The Kier molecular flexibility index (Phi) is 8.09. The van der Waals surface area contributed by atoms with E-state index in [1.165, 1.54) is 0 Å². The Balaban J connectivity index is 0.00000288. The highest BCUT2D eigenvalue weighted by Crippen LogP contribution is 2.30. The predicted molar refractivity (Wildman–Crippen MR) is 96.9 cm³/mol. The fourth-order valence-corrected chi connectivity index (χ4v) is 2.07. The molecule has 0 aliphatic rings. The summed E-state index contributed by atoms with van der Waals surface area (Å²) in [6.07, 6.45) is 0.328. The third kappa shape index (κ3) is 6.10. The number of hydrogen-bond acceptors (Lipinski definition) is 4. The minimum Gasteiger partial charge on any atom is -0.493 e. The second-order valence-corrected chi connectivity index (χ2v) is 5.36. The molecule has 2 aromatic rings. The number of benzene rings is 2. The predicted octanol–water partition coefficient (Wildman–Crippen LogP) is 3.26. The van der Waals surface area contributed by atoms with Crippen LogP contribution in [0, 0.1) is 0 Å². The van der Waals surface area contributed by atoms with Crippen LogP contribution >= 0.6 is 12.4 Å². The van der Waals surface area contributed by atoms with Gasteiger partial charge in [0.05, 0.1) is 7.11 Å². The van der Waals surface area contributed by atoms with Gasteiger partial charge in [0.25, 0.3) is 0 Å². The van der Waals surface area contributed by atoms with E-state index in [-0.39, 0.29) is 24.4 Å². The molecular formula is C18H23ClN2O3. The number of carbonyl (C=O) groups is 1. The van der Waals surface area contributed by atoms with E-state index in [2.05, 4.69) is 5.32 Å². The van der Waals surface area contributed by atoms with Crippen molar-refractivity contribution in [3.8, 4) is 17.2 Å². The first kappa shape index (κ1) is 19.8. The number of methoxy groups -OCH3 is 1. The maximum absolute atomic E-state index is 11.6. The maximum atomic E-state index is 11.6. The molecule has 0 aliphatic carbocycles. The molecule has 0 fully saturated rings. The summed E-state index contributed by atoms with van der Waals surface area (Å²) < 4.78 is 11.1. The standard InChI is InChI=1S/C18H22N2O3.ClH/c1-13(19)11-18(21)20-12-14-7-9-15(10-8-14)23-17-6-4-3-5-16(17)22-2;/h3-10,13H,11-12,19H2,1-2H3,(H,20,21);1H. The molecule has 6 heteroatoms. The van der Waals surface area contributed by atoms with Crippen molar-refractivity contribution in [2.24, 2.45) is 5.73 Å². The van der Waals surface area contributed by atoms with Crippen molar-refractivity contribution < 1.29 is 14.3 Å². The molecule has 0 radical (unpaired) electrons. The Labute approximate surface area is 148 Å². The molecule has 1 amide bonds. The number of hydrogen-bond donors (Lipinski definition) is 2. The quantitative estimate of drug-likeness (QED) is 0.803. The molecule has 1 atom stereocenters. The summed E-state index contributed by atoms with van der Waals surface area (Å²) in [6.45, 7) is 2.28. The van der Waals surface area contributed by atoms with Crippen molar-refractivity contribution in [3.63, 3.8) is 0 Å². The van der Waals surface area contributed by atoms with Gasteiger partial charge in [-0.3, -0.25) is 4.79 Å². The highest BCUT2D eigenvalue weighted by molar-refractivity contribution is 5.85. The number of rotatable bonds is 7. The third-order valence-corrected chi connectivity index (χ3v) is 3.22. The number of amides is 1. The lowest BCUT2D eigenvalue weighted by Gasteiger charge is -2.11. The average Bonchev–Trinajstić information content (AvgIpc) is 2.54. The SMILES string of the molecule is COc1ccccc1Oc1ccc(CNC(=O)CC(C)N)cc1.Cl. The topological polar surface area (TPSA) is 73.6 Å². The molecule has 0 aromatic heterocycles. The number of nitrogens with one attached hydrogen (secondary N) is 1. The number of ether oxygens (including phenoxy) is 2. The largest absolute Gasteiger partial charge is 0.493 e. The van der Waals surface area contributed by atoms with E-state index in [0.29, 0.717) is 30.2 Å². The second-order valence-electron chi connectivity index (χ2n) is 5.36. The van der Waals surface area contributed by atoms with Gasteiger partial charge < -0.3 is 20.5 Å². The normalized spacial score (nSPS) is 11.1. The Morgan fingerprint density at radius 1 is 1.12 bits per heavy atom. The summed E-state index contributed by atoms with van der Waals surface area (Å²) in [5, 5.41) is 2.84. The van der Waals surface area contributed by atoms with Crippen LogP contribution in [0.5, 0.6) is 17.2 Å². The van der Waals surface area contributed by atoms with Gasteiger partial charge in [-0.15, -0.1) is 12.4 Å². The van der Waals surface area contributed by atoms with Crippen LogP contribution in [0.25, 0.3) is 0 Å². The third-order valence-electron chi connectivity index (χ3n) is 3.22. The molecule has 0 saturated heterocycles. The number of para-hydroxylation sites is 2. The first-order valence-corrected chi connectivity index (χ1v) is 7.50. The van der Waals surface area contributed by atoms with Gasteiger partial charge in [-0.1, -0.05) is 24.3 Å². The number of carbonyl (C=O) groups excluding carboxylic acids is 1. The van der Waals surface area contributed by atoms with Crippen molar-refractivity contribution in [1.29, 1.82) is 0 Å². The molecule has 2 rings (SSSR count). The highest BCUT2D eigenvalue weighted by atomic mass is 35.5. The summed E-state index contributed by atoms with van der Waals surface area (Å²) in [6, 6.07) is 14.9. The van der Waals surface area contributed by atoms with Crippen LogP contribution in [0.1, 0.15) is 18.9 Å². The first-order chi connectivity index (χ1) is 11.1. The van der Waals surface area contributed by atoms with Crippen molar-refractivity contribution in [1.82, 2.24) is 5.32 Å². The summed E-state index contributed by atoms with van der Waals surface area (Å²) in [5.41, 5.74) is 6.59. The highest BCUT2D eigenvalue weighted by Gasteiger charge is 2.06. The average molecular weight is 351 g/mol. The minimum atomic E-state index is -0.133. The molecular weight excluding hydrogens is 328 g/mol. The second kappa shape index (κ2) is 9.80. The van der Waals surface area contributed by atoms with E-state index in [4.69, 9.17) is 15.2 Å². The zero-order chi connectivity index (χ0) is 16.7. The summed E-state index contributed by atoms with van der Waals surface area (Å²) in [5.74, 6) is 2.00. The summed E-state index contributed by atoms with van der Waals surface area (Å²) >= 11 is 0. The van der Waals surface area contributed by atoms with E-state index in [9.17, 15) is 4.79 Å². The van der Waals surface area contributed by atoms with Crippen molar-refractivity contribution in [2.45, 2.75) is 25.9 Å². The molecule has 130 valence electrons. The van der Waals surface area contributed by atoms with Gasteiger partial charge in [-0.2, -0.15) is 0 Å². The van der Waals surface area contributed by atoms with E-state index < -0.39 is 0 Å². The molecule has 3 N–H and O–H groups in total. The first-order valence-electron chi connectivity index (χ1n) is 7.50. The lowest BCUT2D eigenvalue weighted by Crippen LogP contribution is -2.29. The van der Waals surface area contributed by atoms with E-state index in [1.807, 2.05) is 55.5 Å².